The Morgan fingerprint density at radius 1 is 1.25 bits per heavy atom. The number of nitrogens with two attached hydrogens (primary N) is 1. The van der Waals surface area contributed by atoms with Gasteiger partial charge >= 0.3 is 0 Å². The molecule has 1 amide bonds. The van der Waals surface area contributed by atoms with Crippen LogP contribution in [-0.4, -0.2) is 24.7 Å². The van der Waals surface area contributed by atoms with Gasteiger partial charge in [0.05, 0.1) is 11.6 Å². The highest BCUT2D eigenvalue weighted by molar-refractivity contribution is 6.32. The van der Waals surface area contributed by atoms with Crippen molar-refractivity contribution in [2.75, 3.05) is 13.2 Å². The summed E-state index contributed by atoms with van der Waals surface area (Å²) in [6, 6.07) is 14.7. The van der Waals surface area contributed by atoms with Crippen LogP contribution in [0.15, 0.2) is 48.5 Å². The van der Waals surface area contributed by atoms with Crippen LogP contribution in [0.5, 0.6) is 11.5 Å². The number of halogens is 1. The number of amides is 1. The fourth-order valence-electron chi connectivity index (χ4n) is 2.45. The Labute approximate surface area is 145 Å². The molecule has 24 heavy (non-hydrogen) atoms. The SMILES string of the molecule is NC1(C(=O)NCc2ccc(Oc3ccccc3Cl)cc2)CCOC1. The lowest BCUT2D eigenvalue weighted by molar-refractivity contribution is -0.126. The molecule has 1 aliphatic rings. The van der Waals surface area contributed by atoms with Gasteiger partial charge in [0.25, 0.3) is 0 Å². The highest BCUT2D eigenvalue weighted by Crippen LogP contribution is 2.28. The molecule has 1 fully saturated rings. The summed E-state index contributed by atoms with van der Waals surface area (Å²) >= 11 is 6.07. The van der Waals surface area contributed by atoms with E-state index in [9.17, 15) is 4.79 Å². The first-order valence-corrected chi connectivity index (χ1v) is 8.11. The summed E-state index contributed by atoms with van der Waals surface area (Å²) in [4.78, 5) is 12.1. The number of carbonyl (C=O) groups is 1. The number of ether oxygens (including phenoxy) is 2. The zero-order chi connectivity index (χ0) is 17.0. The molecule has 1 heterocycles. The van der Waals surface area contributed by atoms with Crippen molar-refractivity contribution in [2.45, 2.75) is 18.5 Å². The number of hydrogen-bond acceptors (Lipinski definition) is 4. The smallest absolute Gasteiger partial charge is 0.242 e. The van der Waals surface area contributed by atoms with Crippen LogP contribution in [-0.2, 0) is 16.1 Å². The second-order valence-corrected chi connectivity index (χ2v) is 6.23. The van der Waals surface area contributed by atoms with Gasteiger partial charge in [-0.3, -0.25) is 4.79 Å². The summed E-state index contributed by atoms with van der Waals surface area (Å²) in [6.07, 6.45) is 0.545. The van der Waals surface area contributed by atoms with Crippen LogP contribution in [0.1, 0.15) is 12.0 Å². The average Bonchev–Trinajstić information content (AvgIpc) is 3.04. The first-order valence-electron chi connectivity index (χ1n) is 7.73. The predicted octanol–water partition coefficient (Wildman–Crippen LogP) is 2.87. The fourth-order valence-corrected chi connectivity index (χ4v) is 2.62. The molecular weight excluding hydrogens is 328 g/mol. The summed E-state index contributed by atoms with van der Waals surface area (Å²) in [5, 5.41) is 3.41. The summed E-state index contributed by atoms with van der Waals surface area (Å²) in [5.74, 6) is 1.10. The normalized spacial score (nSPS) is 19.9. The Morgan fingerprint density at radius 2 is 2.00 bits per heavy atom. The minimum Gasteiger partial charge on any atom is -0.456 e. The van der Waals surface area contributed by atoms with E-state index in [1.165, 1.54) is 0 Å². The highest BCUT2D eigenvalue weighted by atomic mass is 35.5. The Hall–Kier alpha value is -2.08. The van der Waals surface area contributed by atoms with E-state index in [0.29, 0.717) is 36.1 Å². The average molecular weight is 347 g/mol. The Morgan fingerprint density at radius 3 is 2.67 bits per heavy atom. The summed E-state index contributed by atoms with van der Waals surface area (Å²) in [5.41, 5.74) is 6.07. The van der Waals surface area contributed by atoms with Gasteiger partial charge in [0.2, 0.25) is 5.91 Å². The van der Waals surface area contributed by atoms with Gasteiger partial charge in [0, 0.05) is 13.2 Å². The Balaban J connectivity index is 1.57. The van der Waals surface area contributed by atoms with Crippen molar-refractivity contribution in [3.8, 4) is 11.5 Å². The lowest BCUT2D eigenvalue weighted by atomic mass is 9.99. The quantitative estimate of drug-likeness (QED) is 0.873. The van der Waals surface area contributed by atoms with Crippen LogP contribution in [0.2, 0.25) is 5.02 Å². The maximum absolute atomic E-state index is 12.1. The second-order valence-electron chi connectivity index (χ2n) is 5.82. The van der Waals surface area contributed by atoms with Crippen molar-refractivity contribution in [3.63, 3.8) is 0 Å². The molecule has 2 aromatic carbocycles. The number of para-hydroxylation sites is 1. The summed E-state index contributed by atoms with van der Waals surface area (Å²) < 4.78 is 10.9. The third kappa shape index (κ3) is 3.87. The molecule has 3 N–H and O–H groups in total. The Bertz CT molecular complexity index is 712. The lowest BCUT2D eigenvalue weighted by Gasteiger charge is -2.20. The molecular formula is C18H19ClN2O3. The molecule has 0 saturated carbocycles. The van der Waals surface area contributed by atoms with Crippen LogP contribution in [0.3, 0.4) is 0 Å². The molecule has 0 spiro atoms. The number of nitrogens with one attached hydrogen (secondary N) is 1. The topological polar surface area (TPSA) is 73.6 Å². The standard InChI is InChI=1S/C18H19ClN2O3/c19-15-3-1-2-4-16(15)24-14-7-5-13(6-8-14)11-21-17(22)18(20)9-10-23-12-18/h1-8H,9-12,20H2,(H,21,22). The minimum absolute atomic E-state index is 0.184. The third-order valence-electron chi connectivity index (χ3n) is 3.95. The Kier molecular flexibility index (Phi) is 5.04. The van der Waals surface area contributed by atoms with Crippen molar-refractivity contribution >= 4 is 17.5 Å². The van der Waals surface area contributed by atoms with E-state index >= 15 is 0 Å². The summed E-state index contributed by atoms with van der Waals surface area (Å²) in [6.45, 7) is 1.20. The van der Waals surface area contributed by atoms with E-state index in [1.807, 2.05) is 36.4 Å². The number of hydrogen-bond donors (Lipinski definition) is 2. The van der Waals surface area contributed by atoms with E-state index in [4.69, 9.17) is 26.8 Å². The molecule has 3 rings (SSSR count). The van der Waals surface area contributed by atoms with E-state index in [1.54, 1.807) is 12.1 Å². The molecule has 1 unspecified atom stereocenters. The molecule has 5 nitrogen and oxygen atoms in total. The van der Waals surface area contributed by atoms with Crippen LogP contribution in [0, 0.1) is 0 Å². The van der Waals surface area contributed by atoms with Crippen LogP contribution >= 0.6 is 11.6 Å². The number of rotatable bonds is 5. The maximum Gasteiger partial charge on any atom is 0.242 e. The number of carbonyl (C=O) groups excluding carboxylic acids is 1. The molecule has 0 aromatic heterocycles. The van der Waals surface area contributed by atoms with E-state index in [0.717, 1.165) is 5.56 Å². The molecule has 2 aromatic rings. The van der Waals surface area contributed by atoms with Gasteiger partial charge in [-0.15, -0.1) is 0 Å². The molecule has 0 radical (unpaired) electrons. The zero-order valence-electron chi connectivity index (χ0n) is 13.1. The van der Waals surface area contributed by atoms with E-state index < -0.39 is 5.54 Å². The molecule has 1 saturated heterocycles. The molecule has 6 heteroatoms. The first kappa shape index (κ1) is 16.8. The van der Waals surface area contributed by atoms with Gasteiger partial charge < -0.3 is 20.5 Å². The van der Waals surface area contributed by atoms with Gasteiger partial charge in [-0.25, -0.2) is 0 Å². The fraction of sp³-hybridized carbons (Fsp3) is 0.278. The molecule has 0 aliphatic carbocycles. The zero-order valence-corrected chi connectivity index (χ0v) is 13.9. The van der Waals surface area contributed by atoms with Gasteiger partial charge in [0.15, 0.2) is 0 Å². The largest absolute Gasteiger partial charge is 0.456 e. The second kappa shape index (κ2) is 7.21. The highest BCUT2D eigenvalue weighted by Gasteiger charge is 2.37. The minimum atomic E-state index is -0.910. The van der Waals surface area contributed by atoms with Crippen molar-refractivity contribution in [2.24, 2.45) is 5.73 Å². The molecule has 1 aliphatic heterocycles. The van der Waals surface area contributed by atoms with Gasteiger partial charge in [0.1, 0.15) is 17.0 Å². The molecule has 0 bridgehead atoms. The van der Waals surface area contributed by atoms with E-state index in [2.05, 4.69) is 5.32 Å². The molecule has 1 atom stereocenters. The van der Waals surface area contributed by atoms with E-state index in [-0.39, 0.29) is 12.5 Å². The summed E-state index contributed by atoms with van der Waals surface area (Å²) in [7, 11) is 0. The number of benzene rings is 2. The predicted molar refractivity (Wildman–Crippen MR) is 92.2 cm³/mol. The van der Waals surface area contributed by atoms with Crippen molar-refractivity contribution < 1.29 is 14.3 Å². The lowest BCUT2D eigenvalue weighted by Crippen LogP contribution is -2.54. The van der Waals surface area contributed by atoms with Gasteiger partial charge in [-0.1, -0.05) is 35.9 Å². The van der Waals surface area contributed by atoms with Crippen LogP contribution in [0.25, 0.3) is 0 Å². The van der Waals surface area contributed by atoms with Crippen molar-refractivity contribution in [1.82, 2.24) is 5.32 Å². The van der Waals surface area contributed by atoms with Crippen molar-refractivity contribution in [1.29, 1.82) is 0 Å². The first-order chi connectivity index (χ1) is 11.6. The molecule has 126 valence electrons. The van der Waals surface area contributed by atoms with Gasteiger partial charge in [-0.2, -0.15) is 0 Å². The van der Waals surface area contributed by atoms with Crippen LogP contribution < -0.4 is 15.8 Å². The van der Waals surface area contributed by atoms with Gasteiger partial charge in [-0.05, 0) is 36.2 Å². The monoisotopic (exact) mass is 346 g/mol. The maximum atomic E-state index is 12.1. The van der Waals surface area contributed by atoms with Crippen LogP contribution in [0.4, 0.5) is 0 Å². The third-order valence-corrected chi connectivity index (χ3v) is 4.26. The van der Waals surface area contributed by atoms with Crippen molar-refractivity contribution in [3.05, 3.63) is 59.1 Å².